The zero-order valence-corrected chi connectivity index (χ0v) is 12.6. The second-order valence-corrected chi connectivity index (χ2v) is 5.19. The van der Waals surface area contributed by atoms with Crippen LogP contribution in [-0.4, -0.2) is 25.4 Å². The molecule has 1 N–H and O–H groups in total. The predicted octanol–water partition coefficient (Wildman–Crippen LogP) is 2.35. The Balaban J connectivity index is 2.38. The molecule has 0 unspecified atom stereocenters. The molecular weight excluding hydrogens is 301 g/mol. The highest BCUT2D eigenvalue weighted by Crippen LogP contribution is 2.21. The summed E-state index contributed by atoms with van der Waals surface area (Å²) in [5, 5.41) is 13.3. The van der Waals surface area contributed by atoms with Gasteiger partial charge in [0.25, 0.3) is 0 Å². The summed E-state index contributed by atoms with van der Waals surface area (Å²) in [5.41, 5.74) is 0.335. The van der Waals surface area contributed by atoms with E-state index in [0.29, 0.717) is 12.1 Å². The van der Waals surface area contributed by atoms with Crippen LogP contribution in [-0.2, 0) is 6.54 Å². The number of pyridine rings is 1. The Morgan fingerprint density at radius 2 is 2.13 bits per heavy atom. The molecule has 0 spiro atoms. The summed E-state index contributed by atoms with van der Waals surface area (Å²) in [6, 6.07) is 4.32. The maximum Gasteiger partial charge on any atom is 0.341 e. The zero-order valence-electron chi connectivity index (χ0n) is 12.6. The lowest BCUT2D eigenvalue weighted by molar-refractivity contribution is 0.0695. The highest BCUT2D eigenvalue weighted by Gasteiger charge is 2.17. The molecule has 0 bridgehead atoms. The molecule has 0 amide bonds. The first kappa shape index (κ1) is 15.0. The van der Waals surface area contributed by atoms with Crippen LogP contribution in [0.4, 0.5) is 4.39 Å². The van der Waals surface area contributed by atoms with Crippen molar-refractivity contribution in [2.24, 2.45) is 0 Å². The molecule has 0 fully saturated rings. The molecule has 0 radical (unpaired) electrons. The molecule has 0 atom stereocenters. The summed E-state index contributed by atoms with van der Waals surface area (Å²) in [6.45, 7) is 4.05. The molecular formula is C16H14FN3O3. The summed E-state index contributed by atoms with van der Waals surface area (Å²) in [6.07, 6.45) is 2.91. The molecule has 0 saturated carbocycles. The third-order valence-corrected chi connectivity index (χ3v) is 3.69. The van der Waals surface area contributed by atoms with Gasteiger partial charge < -0.3 is 9.67 Å². The van der Waals surface area contributed by atoms with Crippen LogP contribution >= 0.6 is 0 Å². The highest BCUT2D eigenvalue weighted by molar-refractivity contribution is 5.93. The number of benzene rings is 1. The van der Waals surface area contributed by atoms with Gasteiger partial charge in [0.2, 0.25) is 5.43 Å². The Kier molecular flexibility index (Phi) is 3.48. The number of fused-ring (bicyclic) bond motifs is 1. The fourth-order valence-electron chi connectivity index (χ4n) is 2.54. The number of hydrogen-bond acceptors (Lipinski definition) is 3. The third kappa shape index (κ3) is 2.40. The van der Waals surface area contributed by atoms with E-state index in [9.17, 15) is 14.0 Å². The van der Waals surface area contributed by atoms with Gasteiger partial charge in [0.05, 0.1) is 11.2 Å². The number of carboxylic acids is 1. The summed E-state index contributed by atoms with van der Waals surface area (Å²) < 4.78 is 17.4. The maximum absolute atomic E-state index is 14.4. The van der Waals surface area contributed by atoms with Gasteiger partial charge in [0.1, 0.15) is 17.1 Å². The summed E-state index contributed by atoms with van der Waals surface area (Å²) in [5.74, 6) is -1.96. The Morgan fingerprint density at radius 3 is 2.70 bits per heavy atom. The van der Waals surface area contributed by atoms with Crippen molar-refractivity contribution in [3.8, 4) is 5.69 Å². The molecule has 1 aromatic carbocycles. The Labute approximate surface area is 130 Å². The second kappa shape index (κ2) is 5.35. The van der Waals surface area contributed by atoms with Gasteiger partial charge in [-0.15, -0.1) is 0 Å². The van der Waals surface area contributed by atoms with Crippen LogP contribution in [0.2, 0.25) is 0 Å². The van der Waals surface area contributed by atoms with E-state index in [-0.39, 0.29) is 16.6 Å². The van der Waals surface area contributed by atoms with Crippen LogP contribution in [0.15, 0.2) is 35.4 Å². The van der Waals surface area contributed by atoms with E-state index in [1.807, 2.05) is 6.92 Å². The molecule has 0 aliphatic heterocycles. The van der Waals surface area contributed by atoms with Crippen LogP contribution in [0.5, 0.6) is 0 Å². The first-order chi connectivity index (χ1) is 10.9. The van der Waals surface area contributed by atoms with Gasteiger partial charge in [-0.2, -0.15) is 5.10 Å². The molecule has 0 aliphatic rings. The number of aromatic nitrogens is 3. The molecule has 7 heteroatoms. The van der Waals surface area contributed by atoms with Crippen molar-refractivity contribution in [2.45, 2.75) is 20.4 Å². The van der Waals surface area contributed by atoms with Gasteiger partial charge in [-0.05, 0) is 32.0 Å². The topological polar surface area (TPSA) is 77.1 Å². The molecule has 3 rings (SSSR count). The Bertz CT molecular complexity index is 988. The van der Waals surface area contributed by atoms with E-state index in [1.54, 1.807) is 23.8 Å². The highest BCUT2D eigenvalue weighted by atomic mass is 19.1. The van der Waals surface area contributed by atoms with Crippen LogP contribution in [0.25, 0.3) is 16.6 Å². The van der Waals surface area contributed by atoms with Crippen LogP contribution in [0.3, 0.4) is 0 Å². The van der Waals surface area contributed by atoms with Crippen molar-refractivity contribution < 1.29 is 14.3 Å². The van der Waals surface area contributed by atoms with Crippen LogP contribution in [0, 0.1) is 12.7 Å². The summed E-state index contributed by atoms with van der Waals surface area (Å²) >= 11 is 0. The lowest BCUT2D eigenvalue weighted by atomic mass is 10.1. The lowest BCUT2D eigenvalue weighted by Gasteiger charge is -2.12. The van der Waals surface area contributed by atoms with E-state index in [2.05, 4.69) is 5.10 Å². The monoisotopic (exact) mass is 315 g/mol. The van der Waals surface area contributed by atoms with Gasteiger partial charge in [-0.3, -0.25) is 4.79 Å². The minimum Gasteiger partial charge on any atom is -0.477 e. The molecule has 2 heterocycles. The largest absolute Gasteiger partial charge is 0.477 e. The zero-order chi connectivity index (χ0) is 16.7. The molecule has 118 valence electrons. The van der Waals surface area contributed by atoms with Crippen molar-refractivity contribution in [3.63, 3.8) is 0 Å². The fraction of sp³-hybridized carbons (Fsp3) is 0.188. The van der Waals surface area contributed by atoms with Crippen molar-refractivity contribution in [1.82, 2.24) is 14.3 Å². The molecule has 2 aromatic heterocycles. The maximum atomic E-state index is 14.4. The standard InChI is InChI=1S/C16H14FN3O3/c1-3-19-8-11(16(22)23)15(21)10-6-12(17)14(7-13(10)19)20-5-4-9(2)18-20/h4-8H,3H2,1-2H3,(H,22,23). The van der Waals surface area contributed by atoms with E-state index >= 15 is 0 Å². The Hall–Kier alpha value is -2.96. The smallest absolute Gasteiger partial charge is 0.341 e. The second-order valence-electron chi connectivity index (χ2n) is 5.19. The third-order valence-electron chi connectivity index (χ3n) is 3.69. The average Bonchev–Trinajstić information content (AvgIpc) is 2.93. The van der Waals surface area contributed by atoms with Gasteiger partial charge in [-0.25, -0.2) is 13.9 Å². The summed E-state index contributed by atoms with van der Waals surface area (Å²) in [4.78, 5) is 23.4. The van der Waals surface area contributed by atoms with Crippen LogP contribution in [0.1, 0.15) is 23.0 Å². The lowest BCUT2D eigenvalue weighted by Crippen LogP contribution is -2.19. The molecule has 6 nitrogen and oxygen atoms in total. The number of aromatic carboxylic acids is 1. The van der Waals surface area contributed by atoms with E-state index in [4.69, 9.17) is 5.11 Å². The average molecular weight is 315 g/mol. The van der Waals surface area contributed by atoms with E-state index in [0.717, 1.165) is 11.8 Å². The Morgan fingerprint density at radius 1 is 1.39 bits per heavy atom. The van der Waals surface area contributed by atoms with E-state index in [1.165, 1.54) is 16.9 Å². The molecule has 23 heavy (non-hydrogen) atoms. The quantitative estimate of drug-likeness (QED) is 0.805. The fourth-order valence-corrected chi connectivity index (χ4v) is 2.54. The molecule has 0 aliphatic carbocycles. The first-order valence-electron chi connectivity index (χ1n) is 7.05. The number of carbonyl (C=O) groups is 1. The number of halogens is 1. The van der Waals surface area contributed by atoms with Gasteiger partial charge in [-0.1, -0.05) is 0 Å². The number of hydrogen-bond donors (Lipinski definition) is 1. The predicted molar refractivity (Wildman–Crippen MR) is 82.7 cm³/mol. The van der Waals surface area contributed by atoms with Crippen molar-refractivity contribution in [2.75, 3.05) is 0 Å². The number of nitrogens with zero attached hydrogens (tertiary/aromatic N) is 3. The van der Waals surface area contributed by atoms with Gasteiger partial charge in [0.15, 0.2) is 0 Å². The molecule has 3 aromatic rings. The van der Waals surface area contributed by atoms with Gasteiger partial charge >= 0.3 is 5.97 Å². The van der Waals surface area contributed by atoms with E-state index < -0.39 is 17.2 Å². The van der Waals surface area contributed by atoms with Crippen LogP contribution < -0.4 is 5.43 Å². The SMILES string of the molecule is CCn1cc(C(=O)O)c(=O)c2cc(F)c(-n3ccc(C)n3)cc21. The van der Waals surface area contributed by atoms with Gasteiger partial charge in [0, 0.05) is 24.3 Å². The van der Waals surface area contributed by atoms with Crippen molar-refractivity contribution in [3.05, 3.63) is 57.9 Å². The number of aryl methyl sites for hydroxylation is 2. The number of rotatable bonds is 3. The van der Waals surface area contributed by atoms with Crippen molar-refractivity contribution >= 4 is 16.9 Å². The first-order valence-corrected chi connectivity index (χ1v) is 7.05. The minimum absolute atomic E-state index is 0.0388. The molecule has 0 saturated heterocycles. The van der Waals surface area contributed by atoms with Crippen molar-refractivity contribution in [1.29, 1.82) is 0 Å². The summed E-state index contributed by atoms with van der Waals surface area (Å²) in [7, 11) is 0. The minimum atomic E-state index is -1.33. The number of carboxylic acid groups (broad SMARTS) is 1. The normalized spacial score (nSPS) is 11.1.